The fourth-order valence-corrected chi connectivity index (χ4v) is 2.71. The minimum absolute atomic E-state index is 0.144. The number of benzene rings is 1. The highest BCUT2D eigenvalue weighted by atomic mass is 16.2. The highest BCUT2D eigenvalue weighted by Gasteiger charge is 2.32. The van der Waals surface area contributed by atoms with Crippen molar-refractivity contribution in [1.29, 1.82) is 0 Å². The van der Waals surface area contributed by atoms with Gasteiger partial charge in [-0.2, -0.15) is 0 Å². The lowest BCUT2D eigenvalue weighted by molar-refractivity contribution is 0.0727. The predicted octanol–water partition coefficient (Wildman–Crippen LogP) is 2.53. The van der Waals surface area contributed by atoms with Gasteiger partial charge in [0.1, 0.15) is 0 Å². The number of fused-ring (bicyclic) bond motifs is 1. The van der Waals surface area contributed by atoms with Crippen LogP contribution in [0.15, 0.2) is 18.2 Å². The maximum Gasteiger partial charge on any atom is 0.253 e. The number of amides is 1. The van der Waals surface area contributed by atoms with Gasteiger partial charge in [0.05, 0.1) is 0 Å². The zero-order valence-corrected chi connectivity index (χ0v) is 11.1. The molecule has 3 rings (SSSR count). The number of anilines is 1. The van der Waals surface area contributed by atoms with Crippen LogP contribution in [0.4, 0.5) is 5.69 Å². The maximum absolute atomic E-state index is 12.4. The second kappa shape index (κ2) is 4.30. The van der Waals surface area contributed by atoms with Crippen molar-refractivity contribution < 1.29 is 4.79 Å². The lowest BCUT2D eigenvalue weighted by Crippen LogP contribution is -2.36. The van der Waals surface area contributed by atoms with Crippen LogP contribution in [0.1, 0.15) is 35.7 Å². The van der Waals surface area contributed by atoms with Crippen LogP contribution in [-0.2, 0) is 6.42 Å². The third kappa shape index (κ3) is 1.98. The Morgan fingerprint density at radius 3 is 2.94 bits per heavy atom. The van der Waals surface area contributed by atoms with Crippen molar-refractivity contribution in [1.82, 2.24) is 4.90 Å². The summed E-state index contributed by atoms with van der Waals surface area (Å²) in [7, 11) is 1.92. The van der Waals surface area contributed by atoms with E-state index in [1.165, 1.54) is 18.4 Å². The molecule has 1 aliphatic heterocycles. The zero-order valence-electron chi connectivity index (χ0n) is 11.1. The van der Waals surface area contributed by atoms with Gasteiger partial charge in [-0.1, -0.05) is 6.07 Å². The zero-order chi connectivity index (χ0) is 12.7. The van der Waals surface area contributed by atoms with E-state index in [0.29, 0.717) is 12.0 Å². The van der Waals surface area contributed by atoms with E-state index in [4.69, 9.17) is 0 Å². The third-order valence-electron chi connectivity index (χ3n) is 4.30. The van der Waals surface area contributed by atoms with Gasteiger partial charge in [0, 0.05) is 30.9 Å². The molecule has 1 saturated carbocycles. The molecule has 0 radical (unpaired) electrons. The van der Waals surface area contributed by atoms with E-state index in [-0.39, 0.29) is 5.91 Å². The number of rotatable bonds is 3. The molecule has 1 unspecified atom stereocenters. The number of hydrogen-bond donors (Lipinski definition) is 1. The highest BCUT2D eigenvalue weighted by Crippen LogP contribution is 2.35. The van der Waals surface area contributed by atoms with Crippen molar-refractivity contribution in [3.05, 3.63) is 29.3 Å². The average Bonchev–Trinajstić information content (AvgIpc) is 3.13. The fourth-order valence-electron chi connectivity index (χ4n) is 2.71. The number of nitrogens with one attached hydrogen (secondary N) is 1. The molecule has 1 amide bonds. The molecule has 18 heavy (non-hydrogen) atoms. The fraction of sp³-hybridized carbons (Fsp3) is 0.533. The third-order valence-corrected chi connectivity index (χ3v) is 4.30. The molecule has 0 bridgehead atoms. The second-order valence-electron chi connectivity index (χ2n) is 5.54. The molecular formula is C15H20N2O. The quantitative estimate of drug-likeness (QED) is 0.886. The van der Waals surface area contributed by atoms with Crippen LogP contribution in [0.2, 0.25) is 0 Å². The van der Waals surface area contributed by atoms with Gasteiger partial charge >= 0.3 is 0 Å². The van der Waals surface area contributed by atoms with E-state index in [1.807, 2.05) is 24.1 Å². The molecule has 1 heterocycles. The summed E-state index contributed by atoms with van der Waals surface area (Å²) in [6.07, 6.45) is 3.60. The summed E-state index contributed by atoms with van der Waals surface area (Å²) in [5.41, 5.74) is 3.26. The predicted molar refractivity (Wildman–Crippen MR) is 72.9 cm³/mol. The molecule has 2 aliphatic rings. The molecule has 1 N–H and O–H groups in total. The average molecular weight is 244 g/mol. The van der Waals surface area contributed by atoms with Crippen LogP contribution in [0.3, 0.4) is 0 Å². The molecule has 1 aromatic carbocycles. The first-order chi connectivity index (χ1) is 8.66. The van der Waals surface area contributed by atoms with Gasteiger partial charge in [-0.05, 0) is 49.8 Å². The molecular weight excluding hydrogens is 224 g/mol. The molecule has 3 heteroatoms. The highest BCUT2D eigenvalue weighted by molar-refractivity contribution is 5.95. The monoisotopic (exact) mass is 244 g/mol. The van der Waals surface area contributed by atoms with Gasteiger partial charge in [-0.25, -0.2) is 0 Å². The van der Waals surface area contributed by atoms with Crippen LogP contribution in [0.5, 0.6) is 0 Å². The molecule has 0 spiro atoms. The van der Waals surface area contributed by atoms with Crippen LogP contribution in [0.25, 0.3) is 0 Å². The first kappa shape index (κ1) is 11.6. The Morgan fingerprint density at radius 1 is 1.44 bits per heavy atom. The van der Waals surface area contributed by atoms with Crippen molar-refractivity contribution in [2.75, 3.05) is 18.9 Å². The van der Waals surface area contributed by atoms with Gasteiger partial charge in [-0.15, -0.1) is 0 Å². The normalized spacial score (nSPS) is 19.0. The summed E-state index contributed by atoms with van der Waals surface area (Å²) in [6.45, 7) is 3.14. The standard InChI is InChI=1S/C15H20N2O/c1-10(11-3-4-11)17(2)15(18)13-6-5-12-7-8-16-14(12)9-13/h5-6,9-11,16H,3-4,7-8H2,1-2H3. The van der Waals surface area contributed by atoms with Gasteiger partial charge in [0.2, 0.25) is 0 Å². The van der Waals surface area contributed by atoms with Gasteiger partial charge in [-0.3, -0.25) is 4.79 Å². The van der Waals surface area contributed by atoms with Crippen molar-refractivity contribution in [2.24, 2.45) is 5.92 Å². The number of carbonyl (C=O) groups is 1. The lowest BCUT2D eigenvalue weighted by atomic mass is 10.1. The first-order valence-corrected chi connectivity index (χ1v) is 6.81. The SMILES string of the molecule is CC(C1CC1)N(C)C(=O)c1ccc2c(c1)NCC2. The van der Waals surface area contributed by atoms with Crippen LogP contribution in [-0.4, -0.2) is 30.4 Å². The smallest absolute Gasteiger partial charge is 0.253 e. The molecule has 0 saturated heterocycles. The van der Waals surface area contributed by atoms with E-state index in [2.05, 4.69) is 18.3 Å². The Balaban J connectivity index is 1.79. The van der Waals surface area contributed by atoms with Gasteiger partial charge in [0.25, 0.3) is 5.91 Å². The van der Waals surface area contributed by atoms with Crippen molar-refractivity contribution in [3.63, 3.8) is 0 Å². The molecule has 1 atom stereocenters. The van der Waals surface area contributed by atoms with Crippen LogP contribution in [0, 0.1) is 5.92 Å². The molecule has 1 aliphatic carbocycles. The first-order valence-electron chi connectivity index (χ1n) is 6.81. The largest absolute Gasteiger partial charge is 0.384 e. The van der Waals surface area contributed by atoms with E-state index >= 15 is 0 Å². The number of nitrogens with zero attached hydrogens (tertiary/aromatic N) is 1. The Kier molecular flexibility index (Phi) is 2.77. The second-order valence-corrected chi connectivity index (χ2v) is 5.54. The minimum atomic E-state index is 0.144. The summed E-state index contributed by atoms with van der Waals surface area (Å²) in [4.78, 5) is 14.3. The molecule has 96 valence electrons. The Bertz CT molecular complexity index is 479. The molecule has 3 nitrogen and oxygen atoms in total. The molecule has 1 aromatic rings. The van der Waals surface area contributed by atoms with Crippen molar-refractivity contribution in [3.8, 4) is 0 Å². The Hall–Kier alpha value is -1.51. The van der Waals surface area contributed by atoms with Crippen molar-refractivity contribution >= 4 is 11.6 Å². The van der Waals surface area contributed by atoms with Crippen LogP contribution < -0.4 is 5.32 Å². The number of hydrogen-bond acceptors (Lipinski definition) is 2. The molecule has 1 fully saturated rings. The van der Waals surface area contributed by atoms with Crippen molar-refractivity contribution in [2.45, 2.75) is 32.2 Å². The number of carbonyl (C=O) groups excluding carboxylic acids is 1. The summed E-state index contributed by atoms with van der Waals surface area (Å²) in [5.74, 6) is 0.859. The lowest BCUT2D eigenvalue weighted by Gasteiger charge is -2.25. The maximum atomic E-state index is 12.4. The van der Waals surface area contributed by atoms with E-state index in [1.54, 1.807) is 0 Å². The summed E-state index contributed by atoms with van der Waals surface area (Å²) in [6, 6.07) is 6.40. The van der Waals surface area contributed by atoms with E-state index in [0.717, 1.165) is 24.2 Å². The van der Waals surface area contributed by atoms with E-state index in [9.17, 15) is 4.79 Å². The summed E-state index contributed by atoms with van der Waals surface area (Å²) in [5, 5.41) is 3.33. The Labute approximate surface area is 108 Å². The van der Waals surface area contributed by atoms with Gasteiger partial charge in [0.15, 0.2) is 0 Å². The topological polar surface area (TPSA) is 32.3 Å². The summed E-state index contributed by atoms with van der Waals surface area (Å²) < 4.78 is 0. The van der Waals surface area contributed by atoms with E-state index < -0.39 is 0 Å². The molecule has 0 aromatic heterocycles. The summed E-state index contributed by atoms with van der Waals surface area (Å²) >= 11 is 0. The van der Waals surface area contributed by atoms with Gasteiger partial charge < -0.3 is 10.2 Å². The van der Waals surface area contributed by atoms with Crippen LogP contribution >= 0.6 is 0 Å². The Morgan fingerprint density at radius 2 is 2.22 bits per heavy atom. The minimum Gasteiger partial charge on any atom is -0.384 e.